The molecular weight excluding hydrogens is 322 g/mol. The van der Waals surface area contributed by atoms with Gasteiger partial charge in [-0.1, -0.05) is 36.4 Å². The van der Waals surface area contributed by atoms with Crippen molar-refractivity contribution in [3.05, 3.63) is 71.0 Å². The molecular formula is C18H17N3O2S. The van der Waals surface area contributed by atoms with Gasteiger partial charge in [0.2, 0.25) is 0 Å². The Labute approximate surface area is 144 Å². The lowest BCUT2D eigenvalue weighted by Crippen LogP contribution is -2.25. The van der Waals surface area contributed by atoms with Gasteiger partial charge in [0.15, 0.2) is 10.9 Å². The lowest BCUT2D eigenvalue weighted by Gasteiger charge is -2.20. The minimum absolute atomic E-state index is 0.00806. The normalized spacial score (nSPS) is 13.5. The number of allylic oxidation sites excluding steroid dienone is 1. The zero-order valence-electron chi connectivity index (χ0n) is 13.2. The van der Waals surface area contributed by atoms with Crippen LogP contribution < -0.4 is 5.32 Å². The van der Waals surface area contributed by atoms with Gasteiger partial charge in [-0.15, -0.1) is 11.3 Å². The smallest absolute Gasteiger partial charge is 0.255 e. The standard InChI is InChI=1S/C18H17N3O2S/c1-13-12-24-18(19-13)20-17(23)15-8-5-9-21(10-15)11-16(22)14-6-3-2-4-7-14/h2-7,9-10,12H,8,11H2,1H3,(H,19,20,23). The molecule has 1 N–H and O–H groups in total. The predicted molar refractivity (Wildman–Crippen MR) is 94.8 cm³/mol. The third kappa shape index (κ3) is 3.97. The van der Waals surface area contributed by atoms with Crippen LogP contribution in [0.15, 0.2) is 59.8 Å². The minimum Gasteiger partial charge on any atom is -0.346 e. The Hall–Kier alpha value is -2.73. The highest BCUT2D eigenvalue weighted by Gasteiger charge is 2.16. The highest BCUT2D eigenvalue weighted by atomic mass is 32.1. The second-order valence-electron chi connectivity index (χ2n) is 5.45. The van der Waals surface area contributed by atoms with Crippen molar-refractivity contribution in [2.75, 3.05) is 11.9 Å². The Kier molecular flexibility index (Phi) is 4.86. The maximum atomic E-state index is 12.3. The van der Waals surface area contributed by atoms with Gasteiger partial charge in [0.05, 0.1) is 12.2 Å². The molecule has 6 heteroatoms. The minimum atomic E-state index is -0.189. The molecule has 0 radical (unpaired) electrons. The molecule has 3 rings (SSSR count). The van der Waals surface area contributed by atoms with Crippen LogP contribution in [0.4, 0.5) is 5.13 Å². The van der Waals surface area contributed by atoms with Gasteiger partial charge < -0.3 is 4.90 Å². The van der Waals surface area contributed by atoms with E-state index < -0.39 is 0 Å². The fraction of sp³-hybridized carbons (Fsp3) is 0.167. The number of hydrogen-bond donors (Lipinski definition) is 1. The molecule has 0 atom stereocenters. The number of rotatable bonds is 5. The van der Waals surface area contributed by atoms with E-state index in [0.717, 1.165) is 5.69 Å². The van der Waals surface area contributed by atoms with Crippen LogP contribution in [-0.4, -0.2) is 28.1 Å². The summed E-state index contributed by atoms with van der Waals surface area (Å²) in [5, 5.41) is 5.26. The highest BCUT2D eigenvalue weighted by Crippen LogP contribution is 2.18. The summed E-state index contributed by atoms with van der Waals surface area (Å²) in [6, 6.07) is 9.13. The van der Waals surface area contributed by atoms with Crippen LogP contribution in [0.5, 0.6) is 0 Å². The largest absolute Gasteiger partial charge is 0.346 e. The maximum Gasteiger partial charge on any atom is 0.255 e. The number of hydrogen-bond acceptors (Lipinski definition) is 5. The quantitative estimate of drug-likeness (QED) is 0.848. The number of carbonyl (C=O) groups is 2. The summed E-state index contributed by atoms with van der Waals surface area (Å²) >= 11 is 1.39. The molecule has 1 aromatic heterocycles. The predicted octanol–water partition coefficient (Wildman–Crippen LogP) is 3.38. The summed E-state index contributed by atoms with van der Waals surface area (Å²) in [5.74, 6) is -0.181. The van der Waals surface area contributed by atoms with Crippen molar-refractivity contribution in [2.45, 2.75) is 13.3 Å². The van der Waals surface area contributed by atoms with Crippen molar-refractivity contribution in [1.82, 2.24) is 9.88 Å². The zero-order chi connectivity index (χ0) is 16.9. The van der Waals surface area contributed by atoms with Gasteiger partial charge in [0.1, 0.15) is 0 Å². The number of Topliss-reactive ketones (excluding diaryl/α,β-unsaturated/α-hetero) is 1. The molecule has 2 heterocycles. The van der Waals surface area contributed by atoms with Crippen molar-refractivity contribution in [3.8, 4) is 0 Å². The average molecular weight is 339 g/mol. The Morgan fingerprint density at radius 3 is 2.79 bits per heavy atom. The number of thiazole rings is 1. The summed E-state index contributed by atoms with van der Waals surface area (Å²) in [6.45, 7) is 2.08. The number of nitrogens with one attached hydrogen (secondary N) is 1. The van der Waals surface area contributed by atoms with Gasteiger partial charge in [-0.3, -0.25) is 14.9 Å². The van der Waals surface area contributed by atoms with E-state index in [4.69, 9.17) is 0 Å². The van der Waals surface area contributed by atoms with Crippen LogP contribution in [0.1, 0.15) is 22.5 Å². The Balaban J connectivity index is 1.65. The van der Waals surface area contributed by atoms with Gasteiger partial charge in [-0.2, -0.15) is 0 Å². The molecule has 0 spiro atoms. The molecule has 122 valence electrons. The van der Waals surface area contributed by atoms with Gasteiger partial charge in [-0.25, -0.2) is 4.98 Å². The van der Waals surface area contributed by atoms with Gasteiger partial charge >= 0.3 is 0 Å². The summed E-state index contributed by atoms with van der Waals surface area (Å²) < 4.78 is 0. The molecule has 0 saturated heterocycles. The maximum absolute atomic E-state index is 12.3. The van der Waals surface area contributed by atoms with E-state index in [2.05, 4.69) is 10.3 Å². The van der Waals surface area contributed by atoms with E-state index in [1.54, 1.807) is 23.2 Å². The average Bonchev–Trinajstić information content (AvgIpc) is 3.00. The molecule has 1 aromatic carbocycles. The van der Waals surface area contributed by atoms with E-state index in [1.807, 2.05) is 42.8 Å². The van der Waals surface area contributed by atoms with Gasteiger partial charge in [-0.05, 0) is 13.3 Å². The van der Waals surface area contributed by atoms with Crippen molar-refractivity contribution in [1.29, 1.82) is 0 Å². The number of carbonyl (C=O) groups excluding carboxylic acids is 2. The van der Waals surface area contributed by atoms with Crippen molar-refractivity contribution in [2.24, 2.45) is 0 Å². The molecule has 5 nitrogen and oxygen atoms in total. The molecule has 1 amide bonds. The van der Waals surface area contributed by atoms with E-state index in [0.29, 0.717) is 22.7 Å². The first-order valence-electron chi connectivity index (χ1n) is 7.56. The number of benzene rings is 1. The van der Waals surface area contributed by atoms with E-state index in [-0.39, 0.29) is 18.2 Å². The Morgan fingerprint density at radius 1 is 1.29 bits per heavy atom. The molecule has 0 saturated carbocycles. The first-order chi connectivity index (χ1) is 11.6. The third-order valence-electron chi connectivity index (χ3n) is 3.51. The van der Waals surface area contributed by atoms with E-state index in [9.17, 15) is 9.59 Å². The number of aryl methyl sites for hydroxylation is 1. The van der Waals surface area contributed by atoms with Crippen LogP contribution in [-0.2, 0) is 4.79 Å². The van der Waals surface area contributed by atoms with Crippen LogP contribution in [0.3, 0.4) is 0 Å². The number of nitrogens with zero attached hydrogens (tertiary/aromatic N) is 2. The first-order valence-corrected chi connectivity index (χ1v) is 8.44. The Morgan fingerprint density at radius 2 is 2.08 bits per heavy atom. The van der Waals surface area contributed by atoms with Crippen LogP contribution in [0.25, 0.3) is 0 Å². The SMILES string of the molecule is Cc1csc(NC(=O)C2=CN(CC(=O)c3ccccc3)C=CC2)n1. The molecule has 0 bridgehead atoms. The van der Waals surface area contributed by atoms with Crippen molar-refractivity contribution >= 4 is 28.2 Å². The Bertz CT molecular complexity index is 809. The monoisotopic (exact) mass is 339 g/mol. The third-order valence-corrected chi connectivity index (χ3v) is 4.38. The number of anilines is 1. The van der Waals surface area contributed by atoms with Crippen LogP contribution >= 0.6 is 11.3 Å². The van der Waals surface area contributed by atoms with Crippen molar-refractivity contribution < 1.29 is 9.59 Å². The summed E-state index contributed by atoms with van der Waals surface area (Å²) in [6.07, 6.45) is 5.95. The van der Waals surface area contributed by atoms with Crippen LogP contribution in [0.2, 0.25) is 0 Å². The number of aromatic nitrogens is 1. The highest BCUT2D eigenvalue weighted by molar-refractivity contribution is 7.13. The fourth-order valence-corrected chi connectivity index (χ4v) is 3.01. The fourth-order valence-electron chi connectivity index (χ4n) is 2.33. The molecule has 1 aliphatic rings. The number of amides is 1. The zero-order valence-corrected chi connectivity index (χ0v) is 14.0. The molecule has 0 fully saturated rings. The second kappa shape index (κ2) is 7.23. The van der Waals surface area contributed by atoms with Gasteiger partial charge in [0.25, 0.3) is 5.91 Å². The van der Waals surface area contributed by atoms with Crippen molar-refractivity contribution in [3.63, 3.8) is 0 Å². The number of ketones is 1. The lowest BCUT2D eigenvalue weighted by molar-refractivity contribution is -0.113. The summed E-state index contributed by atoms with van der Waals surface area (Å²) in [5.41, 5.74) is 2.14. The van der Waals surface area contributed by atoms with E-state index in [1.165, 1.54) is 11.3 Å². The second-order valence-corrected chi connectivity index (χ2v) is 6.31. The van der Waals surface area contributed by atoms with Gasteiger partial charge in [0, 0.05) is 28.9 Å². The molecule has 1 aliphatic heterocycles. The summed E-state index contributed by atoms with van der Waals surface area (Å²) in [4.78, 5) is 30.6. The molecule has 0 aliphatic carbocycles. The topological polar surface area (TPSA) is 62.3 Å². The lowest BCUT2D eigenvalue weighted by atomic mass is 10.1. The molecule has 24 heavy (non-hydrogen) atoms. The first kappa shape index (κ1) is 16.1. The molecule has 2 aromatic rings. The molecule has 0 unspecified atom stereocenters. The van der Waals surface area contributed by atoms with E-state index >= 15 is 0 Å². The summed E-state index contributed by atoms with van der Waals surface area (Å²) in [7, 11) is 0. The van der Waals surface area contributed by atoms with Crippen LogP contribution in [0, 0.1) is 6.92 Å².